The maximum absolute atomic E-state index is 8.55. The summed E-state index contributed by atoms with van der Waals surface area (Å²) < 4.78 is 1.82. The minimum atomic E-state index is 0.188. The lowest BCUT2D eigenvalue weighted by molar-refractivity contribution is 1.51. The van der Waals surface area contributed by atoms with E-state index in [2.05, 4.69) is 0 Å². The van der Waals surface area contributed by atoms with Crippen LogP contribution in [-0.4, -0.2) is 0 Å². The molecule has 0 saturated carbocycles. The van der Waals surface area contributed by atoms with E-state index in [9.17, 15) is 0 Å². The zero-order valence-corrected chi connectivity index (χ0v) is 7.35. The molecule has 0 radical (unpaired) electrons. The van der Waals surface area contributed by atoms with Crippen LogP contribution in [0.1, 0.15) is 6.92 Å². The van der Waals surface area contributed by atoms with Gasteiger partial charge in [-0.15, -0.1) is 11.3 Å². The van der Waals surface area contributed by atoms with Crippen LogP contribution in [0.5, 0.6) is 0 Å². The van der Waals surface area contributed by atoms with Crippen molar-refractivity contribution in [2.45, 2.75) is 6.92 Å². The summed E-state index contributed by atoms with van der Waals surface area (Å²) in [5.41, 5.74) is 0.188. The molecular formula is C9H6N2S. The Labute approximate surface area is 74.3 Å². The monoisotopic (exact) mass is 174 g/mol. The Balaban J connectivity index is 3.51. The first-order valence-electron chi connectivity index (χ1n) is 3.38. The average molecular weight is 174 g/mol. The molecule has 1 aromatic heterocycles. The predicted molar refractivity (Wildman–Crippen MR) is 48.3 cm³/mol. The highest BCUT2D eigenvalue weighted by Gasteiger charge is 1.94. The van der Waals surface area contributed by atoms with Gasteiger partial charge < -0.3 is 0 Å². The molecular weight excluding hydrogens is 168 g/mol. The minimum absolute atomic E-state index is 0.188. The number of nitriles is 2. The minimum Gasteiger partial charge on any atom is -0.192 e. The Morgan fingerprint density at radius 3 is 2.50 bits per heavy atom. The highest BCUT2D eigenvalue weighted by Crippen LogP contribution is 1.88. The molecule has 0 saturated heterocycles. The van der Waals surface area contributed by atoms with Crippen molar-refractivity contribution in [3.63, 3.8) is 0 Å². The lowest BCUT2D eigenvalue weighted by Gasteiger charge is -1.73. The topological polar surface area (TPSA) is 47.6 Å². The number of rotatable bonds is 0. The number of nitrogens with zero attached hydrogens (tertiary/aromatic N) is 2. The van der Waals surface area contributed by atoms with E-state index in [1.807, 2.05) is 31.2 Å². The molecule has 0 fully saturated rings. The summed E-state index contributed by atoms with van der Waals surface area (Å²) >= 11 is 1.45. The van der Waals surface area contributed by atoms with E-state index in [4.69, 9.17) is 10.5 Å². The van der Waals surface area contributed by atoms with E-state index >= 15 is 0 Å². The summed E-state index contributed by atoms with van der Waals surface area (Å²) in [5, 5.41) is 17.1. The number of hydrogen-bond acceptors (Lipinski definition) is 3. The van der Waals surface area contributed by atoms with Crippen LogP contribution in [0.3, 0.4) is 0 Å². The van der Waals surface area contributed by atoms with Gasteiger partial charge in [-0.3, -0.25) is 0 Å². The molecule has 1 heterocycles. The summed E-state index contributed by atoms with van der Waals surface area (Å²) in [7, 11) is 0. The fourth-order valence-corrected chi connectivity index (χ4v) is 1.61. The first-order valence-corrected chi connectivity index (χ1v) is 4.20. The standard InChI is InChI=1S/C9H6N2S/c1-2-8-3-4-9(12-8)7(5-10)6-11/h2-4H,1H3/b8-2-. The van der Waals surface area contributed by atoms with E-state index < -0.39 is 0 Å². The van der Waals surface area contributed by atoms with Gasteiger partial charge >= 0.3 is 0 Å². The molecule has 0 aliphatic heterocycles. The van der Waals surface area contributed by atoms with E-state index in [1.165, 1.54) is 11.3 Å². The van der Waals surface area contributed by atoms with Crippen LogP contribution < -0.4 is 9.06 Å². The second-order valence-electron chi connectivity index (χ2n) is 2.09. The molecule has 1 aromatic rings. The largest absolute Gasteiger partial charge is 0.192 e. The Morgan fingerprint density at radius 1 is 1.42 bits per heavy atom. The van der Waals surface area contributed by atoms with Crippen LogP contribution in [0.25, 0.3) is 11.6 Å². The summed E-state index contributed by atoms with van der Waals surface area (Å²) in [6.45, 7) is 1.92. The highest BCUT2D eigenvalue weighted by atomic mass is 32.1. The lowest BCUT2D eigenvalue weighted by atomic mass is 10.3. The van der Waals surface area contributed by atoms with Crippen molar-refractivity contribution in [3.8, 4) is 12.1 Å². The average Bonchev–Trinajstić information content (AvgIpc) is 2.55. The van der Waals surface area contributed by atoms with Gasteiger partial charge in [0.05, 0.1) is 4.53 Å². The molecule has 12 heavy (non-hydrogen) atoms. The third-order valence-corrected chi connectivity index (χ3v) is 2.55. The van der Waals surface area contributed by atoms with Crippen molar-refractivity contribution < 1.29 is 0 Å². The Hall–Kier alpha value is -1.58. The molecule has 0 aromatic carbocycles. The molecule has 0 unspecified atom stereocenters. The van der Waals surface area contributed by atoms with Gasteiger partial charge in [-0.1, -0.05) is 6.08 Å². The zero-order chi connectivity index (χ0) is 8.97. The SMILES string of the molecule is C/C=c1/ccc(=C(C#N)C#N)s1. The third-order valence-electron chi connectivity index (χ3n) is 1.38. The van der Waals surface area contributed by atoms with Gasteiger partial charge in [0.1, 0.15) is 17.7 Å². The second kappa shape index (κ2) is 3.71. The molecule has 3 heteroatoms. The first kappa shape index (κ1) is 8.52. The summed E-state index contributed by atoms with van der Waals surface area (Å²) in [5.74, 6) is 0. The maximum Gasteiger partial charge on any atom is 0.146 e. The van der Waals surface area contributed by atoms with E-state index in [-0.39, 0.29) is 5.57 Å². The van der Waals surface area contributed by atoms with Crippen LogP contribution in [0.15, 0.2) is 12.1 Å². The molecule has 58 valence electrons. The van der Waals surface area contributed by atoms with Gasteiger partial charge in [0.15, 0.2) is 0 Å². The van der Waals surface area contributed by atoms with Crippen LogP contribution in [0, 0.1) is 22.7 Å². The van der Waals surface area contributed by atoms with Crippen molar-refractivity contribution >= 4 is 23.0 Å². The van der Waals surface area contributed by atoms with Crippen LogP contribution in [-0.2, 0) is 0 Å². The molecule has 2 nitrogen and oxygen atoms in total. The summed E-state index contributed by atoms with van der Waals surface area (Å²) in [6.07, 6.45) is 1.94. The normalized spacial score (nSPS) is 10.4. The van der Waals surface area contributed by atoms with Gasteiger partial charge in [-0.25, -0.2) is 0 Å². The molecule has 0 N–H and O–H groups in total. The van der Waals surface area contributed by atoms with Crippen LogP contribution in [0.4, 0.5) is 0 Å². The molecule has 1 rings (SSSR count). The van der Waals surface area contributed by atoms with Crippen LogP contribution >= 0.6 is 11.3 Å². The first-order chi connectivity index (χ1) is 5.81. The molecule has 0 aliphatic carbocycles. The van der Waals surface area contributed by atoms with E-state index in [0.717, 1.165) is 9.06 Å². The molecule has 0 bridgehead atoms. The molecule has 0 atom stereocenters. The molecule has 0 aliphatic rings. The maximum atomic E-state index is 8.55. The Morgan fingerprint density at radius 2 is 2.08 bits per heavy atom. The highest BCUT2D eigenvalue weighted by molar-refractivity contribution is 7.07. The third kappa shape index (κ3) is 1.53. The molecule has 0 spiro atoms. The van der Waals surface area contributed by atoms with Crippen molar-refractivity contribution in [2.75, 3.05) is 0 Å². The van der Waals surface area contributed by atoms with Gasteiger partial charge in [0.2, 0.25) is 0 Å². The van der Waals surface area contributed by atoms with Crippen molar-refractivity contribution in [3.05, 3.63) is 21.2 Å². The second-order valence-corrected chi connectivity index (χ2v) is 3.20. The number of thiophene rings is 1. The van der Waals surface area contributed by atoms with E-state index in [1.54, 1.807) is 6.07 Å². The fourth-order valence-electron chi connectivity index (χ4n) is 0.778. The van der Waals surface area contributed by atoms with E-state index in [0.29, 0.717) is 0 Å². The van der Waals surface area contributed by atoms with Gasteiger partial charge in [0, 0.05) is 4.53 Å². The number of hydrogen-bond donors (Lipinski definition) is 0. The van der Waals surface area contributed by atoms with Crippen molar-refractivity contribution in [1.82, 2.24) is 0 Å². The van der Waals surface area contributed by atoms with Gasteiger partial charge in [0.25, 0.3) is 0 Å². The predicted octanol–water partition coefficient (Wildman–Crippen LogP) is 0.746. The van der Waals surface area contributed by atoms with Crippen molar-refractivity contribution in [1.29, 1.82) is 10.5 Å². The lowest BCUT2D eigenvalue weighted by Crippen LogP contribution is -1.96. The smallest absolute Gasteiger partial charge is 0.146 e. The zero-order valence-electron chi connectivity index (χ0n) is 6.53. The Bertz CT molecular complexity index is 452. The summed E-state index contributed by atoms with van der Waals surface area (Å²) in [6, 6.07) is 7.41. The quantitative estimate of drug-likeness (QED) is 0.582. The van der Waals surface area contributed by atoms with Gasteiger partial charge in [-0.2, -0.15) is 10.5 Å². The summed E-state index contributed by atoms with van der Waals surface area (Å²) in [4.78, 5) is 0. The fraction of sp³-hybridized carbons (Fsp3) is 0.111. The van der Waals surface area contributed by atoms with Crippen LogP contribution in [0.2, 0.25) is 0 Å². The van der Waals surface area contributed by atoms with Crippen molar-refractivity contribution in [2.24, 2.45) is 0 Å². The Kier molecular flexibility index (Phi) is 2.63. The van der Waals surface area contributed by atoms with Gasteiger partial charge in [-0.05, 0) is 19.1 Å². The molecule has 0 amide bonds.